The van der Waals surface area contributed by atoms with Crippen LogP contribution in [0.2, 0.25) is 5.02 Å². The number of fused-ring (bicyclic) bond motifs is 1. The zero-order valence-electron chi connectivity index (χ0n) is 14.3. The number of rotatable bonds is 4. The maximum absolute atomic E-state index is 14.6. The molecular weight excluding hydrogens is 412 g/mol. The van der Waals surface area contributed by atoms with Gasteiger partial charge in [0, 0.05) is 16.3 Å². The Kier molecular flexibility index (Phi) is 6.34. The largest absolute Gasteiger partial charge is 0.466 e. The van der Waals surface area contributed by atoms with Crippen molar-refractivity contribution in [1.29, 1.82) is 0 Å². The number of carbonyl (C=O) groups is 1. The number of esters is 1. The molecule has 0 unspecified atom stereocenters. The van der Waals surface area contributed by atoms with Crippen LogP contribution in [0.15, 0.2) is 36.4 Å². The van der Waals surface area contributed by atoms with Crippen LogP contribution in [0.1, 0.15) is 29.7 Å². The van der Waals surface area contributed by atoms with E-state index in [0.717, 1.165) is 6.07 Å². The summed E-state index contributed by atoms with van der Waals surface area (Å²) >= 11 is 12.9. The summed E-state index contributed by atoms with van der Waals surface area (Å²) in [7, 11) is 0. The Balaban J connectivity index is 2.07. The van der Waals surface area contributed by atoms with Crippen molar-refractivity contribution in [1.82, 2.24) is 0 Å². The second kappa shape index (κ2) is 8.54. The van der Waals surface area contributed by atoms with E-state index >= 15 is 0 Å². The summed E-state index contributed by atoms with van der Waals surface area (Å²) < 4.78 is 33.4. The molecule has 2 atom stereocenters. The Morgan fingerprint density at radius 2 is 2.07 bits per heavy atom. The molecule has 0 aromatic heterocycles. The zero-order chi connectivity index (χ0) is 19.6. The smallest absolute Gasteiger partial charge is 0.307 e. The number of thiocarbonyl (C=S) groups is 1. The normalized spacial score (nSPS) is 19.0. The monoisotopic (exact) mass is 427 g/mol. The molecule has 1 heterocycles. The fourth-order valence-electron chi connectivity index (χ4n) is 2.85. The van der Waals surface area contributed by atoms with Gasteiger partial charge in [-0.05, 0) is 36.8 Å². The van der Waals surface area contributed by atoms with Gasteiger partial charge in [0.05, 0.1) is 28.5 Å². The minimum absolute atomic E-state index is 0.0273. The summed E-state index contributed by atoms with van der Waals surface area (Å²) in [6.45, 7) is 1.98. The van der Waals surface area contributed by atoms with Gasteiger partial charge in [0.1, 0.15) is 0 Å². The summed E-state index contributed by atoms with van der Waals surface area (Å²) in [5.74, 6) is -2.26. The predicted molar refractivity (Wildman–Crippen MR) is 109 cm³/mol. The number of thioether (sulfide) groups is 1. The van der Waals surface area contributed by atoms with E-state index in [4.69, 9.17) is 28.6 Å². The summed E-state index contributed by atoms with van der Waals surface area (Å²) in [4.78, 5) is 12.4. The van der Waals surface area contributed by atoms with Gasteiger partial charge in [0.25, 0.3) is 0 Å². The van der Waals surface area contributed by atoms with Crippen LogP contribution in [0, 0.1) is 11.6 Å². The second-order valence-corrected chi connectivity index (χ2v) is 8.07. The molecule has 0 aliphatic carbocycles. The molecule has 3 nitrogen and oxygen atoms in total. The lowest BCUT2D eigenvalue weighted by Gasteiger charge is -2.21. The third-order valence-corrected chi connectivity index (χ3v) is 6.35. The highest BCUT2D eigenvalue weighted by molar-refractivity contribution is 8.02. The molecule has 2 aromatic carbocycles. The van der Waals surface area contributed by atoms with E-state index in [2.05, 4.69) is 5.32 Å². The number of ether oxygens (including phenoxy) is 1. The van der Waals surface area contributed by atoms with Crippen molar-refractivity contribution in [3.8, 4) is 0 Å². The summed E-state index contributed by atoms with van der Waals surface area (Å²) in [5, 5.41) is 2.52. The van der Waals surface area contributed by atoms with Gasteiger partial charge in [0.2, 0.25) is 0 Å². The van der Waals surface area contributed by atoms with E-state index in [9.17, 15) is 13.6 Å². The molecule has 0 fully saturated rings. The van der Waals surface area contributed by atoms with E-state index in [1.807, 2.05) is 0 Å². The molecule has 1 N–H and O–H groups in total. The van der Waals surface area contributed by atoms with Crippen molar-refractivity contribution in [3.63, 3.8) is 0 Å². The number of hydrogen-bond acceptors (Lipinski definition) is 4. The van der Waals surface area contributed by atoms with Crippen LogP contribution >= 0.6 is 35.6 Å². The maximum atomic E-state index is 14.6. The van der Waals surface area contributed by atoms with E-state index in [-0.39, 0.29) is 18.6 Å². The minimum Gasteiger partial charge on any atom is -0.466 e. The summed E-state index contributed by atoms with van der Waals surface area (Å²) in [6, 6.07) is 9.16. The van der Waals surface area contributed by atoms with Crippen LogP contribution in [-0.4, -0.2) is 22.8 Å². The van der Waals surface area contributed by atoms with Gasteiger partial charge < -0.3 is 10.1 Å². The van der Waals surface area contributed by atoms with Crippen LogP contribution in [-0.2, 0) is 9.53 Å². The van der Waals surface area contributed by atoms with Gasteiger partial charge in [-0.25, -0.2) is 8.78 Å². The van der Waals surface area contributed by atoms with Crippen molar-refractivity contribution < 1.29 is 18.3 Å². The highest BCUT2D eigenvalue weighted by Gasteiger charge is 2.33. The van der Waals surface area contributed by atoms with Crippen LogP contribution in [0.25, 0.3) is 0 Å². The third kappa shape index (κ3) is 4.42. The van der Waals surface area contributed by atoms with Crippen LogP contribution < -0.4 is 5.32 Å². The lowest BCUT2D eigenvalue weighted by molar-refractivity contribution is -0.142. The molecule has 0 spiro atoms. The number of anilines is 1. The topological polar surface area (TPSA) is 38.3 Å². The molecule has 27 heavy (non-hydrogen) atoms. The lowest BCUT2D eigenvalue weighted by atomic mass is 10.0. The maximum Gasteiger partial charge on any atom is 0.307 e. The van der Waals surface area contributed by atoms with Crippen LogP contribution in [0.5, 0.6) is 0 Å². The number of carbonyl (C=O) groups excluding carboxylic acids is 1. The molecule has 8 heteroatoms. The predicted octanol–water partition coefficient (Wildman–Crippen LogP) is 5.52. The number of benzene rings is 2. The summed E-state index contributed by atoms with van der Waals surface area (Å²) in [6.07, 6.45) is 0.0273. The number of nitrogens with one attached hydrogen (secondary N) is 1. The first-order chi connectivity index (χ1) is 12.9. The zero-order valence-corrected chi connectivity index (χ0v) is 16.7. The molecule has 0 saturated heterocycles. The van der Waals surface area contributed by atoms with Crippen LogP contribution in [0.3, 0.4) is 0 Å². The highest BCUT2D eigenvalue weighted by atomic mass is 35.5. The minimum atomic E-state index is -0.932. The van der Waals surface area contributed by atoms with Crippen molar-refractivity contribution in [3.05, 3.63) is 64.2 Å². The average Bonchev–Trinajstić information content (AvgIpc) is 2.75. The molecule has 3 rings (SSSR count). The molecule has 1 aliphatic heterocycles. The fraction of sp³-hybridized carbons (Fsp3) is 0.263. The molecule has 142 valence electrons. The van der Waals surface area contributed by atoms with Gasteiger partial charge in [-0.3, -0.25) is 4.79 Å². The average molecular weight is 428 g/mol. The van der Waals surface area contributed by atoms with E-state index < -0.39 is 28.1 Å². The van der Waals surface area contributed by atoms with Gasteiger partial charge in [0.15, 0.2) is 11.6 Å². The molecular formula is C19H16ClF2NO2S2. The molecule has 0 radical (unpaired) electrons. The fourth-order valence-corrected chi connectivity index (χ4v) is 4.81. The van der Waals surface area contributed by atoms with Gasteiger partial charge in [-0.1, -0.05) is 36.0 Å². The highest BCUT2D eigenvalue weighted by Crippen LogP contribution is 2.46. The van der Waals surface area contributed by atoms with Crippen molar-refractivity contribution in [2.45, 2.75) is 23.8 Å². The van der Waals surface area contributed by atoms with Gasteiger partial charge >= 0.3 is 5.97 Å². The van der Waals surface area contributed by atoms with E-state index in [0.29, 0.717) is 21.3 Å². The van der Waals surface area contributed by atoms with Gasteiger partial charge in [-0.2, -0.15) is 0 Å². The standard InChI is InChI=1S/C19H16ClF2NO2S2/c1-2-25-16(24)9-15-19(26)23-14-7-6-10(20)8-12(14)18(27-15)11-4-3-5-13(21)17(11)22/h3-8,15,18H,2,9H2,1H3,(H,23,26)/t15-,18-/m1/s1. The first kappa shape index (κ1) is 20.0. The Morgan fingerprint density at radius 3 is 2.81 bits per heavy atom. The second-order valence-electron chi connectivity index (χ2n) is 5.88. The third-order valence-electron chi connectivity index (χ3n) is 4.07. The van der Waals surface area contributed by atoms with E-state index in [1.54, 1.807) is 25.1 Å². The van der Waals surface area contributed by atoms with Gasteiger partial charge in [-0.15, -0.1) is 11.8 Å². The lowest BCUT2D eigenvalue weighted by Crippen LogP contribution is -2.26. The van der Waals surface area contributed by atoms with Crippen molar-refractivity contribution >= 4 is 52.2 Å². The number of hydrogen-bond donors (Lipinski definition) is 1. The van der Waals surface area contributed by atoms with Crippen molar-refractivity contribution in [2.75, 3.05) is 11.9 Å². The molecule has 0 saturated carbocycles. The summed E-state index contributed by atoms with van der Waals surface area (Å²) in [5.41, 5.74) is 1.49. The Bertz CT molecular complexity index is 894. The molecule has 1 aliphatic rings. The Labute approximate surface area is 170 Å². The van der Waals surface area contributed by atoms with E-state index in [1.165, 1.54) is 23.9 Å². The van der Waals surface area contributed by atoms with Crippen molar-refractivity contribution in [2.24, 2.45) is 0 Å². The Hall–Kier alpha value is -1.70. The molecule has 0 bridgehead atoms. The quantitative estimate of drug-likeness (QED) is 0.514. The first-order valence-corrected chi connectivity index (χ1v) is 9.99. The first-order valence-electron chi connectivity index (χ1n) is 8.26. The molecule has 0 amide bonds. The van der Waals surface area contributed by atoms with Crippen LogP contribution in [0.4, 0.5) is 14.5 Å². The number of halogens is 3. The molecule has 2 aromatic rings. The SMILES string of the molecule is CCOC(=O)C[C@H]1S[C@H](c2cccc(F)c2F)c2cc(Cl)ccc2NC1=S. The Morgan fingerprint density at radius 1 is 1.30 bits per heavy atom.